The number of hydrogen-bond donors (Lipinski definition) is 3. The maximum Gasteiger partial charge on any atom is 0.227 e. The third kappa shape index (κ3) is 6.60. The van der Waals surface area contributed by atoms with E-state index in [1.165, 1.54) is 16.8 Å². The minimum atomic E-state index is 0.0977. The van der Waals surface area contributed by atoms with Crippen molar-refractivity contribution < 1.29 is 9.53 Å². The van der Waals surface area contributed by atoms with E-state index in [1.807, 2.05) is 12.3 Å². The molecule has 8 bridgehead atoms. The van der Waals surface area contributed by atoms with Gasteiger partial charge in [0.25, 0.3) is 0 Å². The van der Waals surface area contributed by atoms with Crippen molar-refractivity contribution in [3.8, 4) is 11.3 Å². The van der Waals surface area contributed by atoms with Crippen molar-refractivity contribution >= 4 is 23.2 Å². The quantitative estimate of drug-likeness (QED) is 0.431. The van der Waals surface area contributed by atoms with Crippen molar-refractivity contribution in [2.75, 3.05) is 62.7 Å². The zero-order valence-corrected chi connectivity index (χ0v) is 23.1. The summed E-state index contributed by atoms with van der Waals surface area (Å²) in [5, 5.41) is 10.1. The maximum atomic E-state index is 12.8. The molecule has 0 radical (unpaired) electrons. The minimum absolute atomic E-state index is 0.0977. The van der Waals surface area contributed by atoms with Crippen LogP contribution in [0, 0.1) is 5.92 Å². The smallest absolute Gasteiger partial charge is 0.227 e. The standard InChI is InChI=1S/C31H39N7O2/c39-30-25-9-14-37(15-10-25)22-26-20-27(6-7-29(26)38-16-18-40-19-17-38)35-31-34-13-8-28(36-31)24-4-2-23(3-5-24)21-32-11-1-12-33-30/h2-8,13,20,25,32H,1,9-12,14-19,21-22H2,(H,33,39)(H,34,35,36). The summed E-state index contributed by atoms with van der Waals surface area (Å²) >= 11 is 0. The molecule has 9 rings (SSSR count). The van der Waals surface area contributed by atoms with Crippen LogP contribution < -0.4 is 20.9 Å². The molecular weight excluding hydrogens is 502 g/mol. The molecule has 0 unspecified atom stereocenters. The lowest BCUT2D eigenvalue weighted by molar-refractivity contribution is -0.126. The van der Waals surface area contributed by atoms with Crippen LogP contribution in [0.25, 0.3) is 11.3 Å². The molecule has 210 valence electrons. The highest BCUT2D eigenvalue weighted by atomic mass is 16.5. The summed E-state index contributed by atoms with van der Waals surface area (Å²) in [6.45, 7) is 8.33. The largest absolute Gasteiger partial charge is 0.378 e. The second kappa shape index (κ2) is 12.8. The van der Waals surface area contributed by atoms with Crippen LogP contribution in [-0.2, 0) is 22.6 Å². The lowest BCUT2D eigenvalue weighted by atomic mass is 9.95. The van der Waals surface area contributed by atoms with Crippen molar-refractivity contribution in [2.45, 2.75) is 32.4 Å². The Morgan fingerprint density at radius 1 is 0.925 bits per heavy atom. The molecular formula is C31H39N7O2. The first-order valence-electron chi connectivity index (χ1n) is 14.6. The number of ether oxygens (including phenoxy) is 1. The van der Waals surface area contributed by atoms with Gasteiger partial charge in [0.1, 0.15) is 0 Å². The van der Waals surface area contributed by atoms with Crippen LogP contribution in [-0.4, -0.2) is 73.3 Å². The number of aromatic nitrogens is 2. The SMILES string of the molecule is O=C1NCCCNCc2ccc(cc2)-c2ccnc(n2)Nc2ccc(N3CCOCC3)c(c2)CN2CCC1CC2. The van der Waals surface area contributed by atoms with E-state index < -0.39 is 0 Å². The van der Waals surface area contributed by atoms with Gasteiger partial charge in [-0.15, -0.1) is 0 Å². The van der Waals surface area contributed by atoms with E-state index in [9.17, 15) is 4.79 Å². The number of benzene rings is 2. The molecule has 3 aromatic rings. The van der Waals surface area contributed by atoms with E-state index in [2.05, 4.69) is 73.2 Å². The molecule has 0 aliphatic carbocycles. The van der Waals surface area contributed by atoms with E-state index in [0.29, 0.717) is 12.5 Å². The highest BCUT2D eigenvalue weighted by molar-refractivity contribution is 5.78. The van der Waals surface area contributed by atoms with Gasteiger partial charge in [-0.25, -0.2) is 9.97 Å². The molecule has 0 saturated carbocycles. The van der Waals surface area contributed by atoms with E-state index >= 15 is 0 Å². The van der Waals surface area contributed by atoms with Gasteiger partial charge in [-0.2, -0.15) is 0 Å². The first-order valence-corrected chi connectivity index (χ1v) is 14.6. The molecule has 6 aliphatic rings. The highest BCUT2D eigenvalue weighted by Gasteiger charge is 2.26. The van der Waals surface area contributed by atoms with Gasteiger partial charge in [0.05, 0.1) is 18.9 Å². The summed E-state index contributed by atoms with van der Waals surface area (Å²) < 4.78 is 5.62. The van der Waals surface area contributed by atoms with Gasteiger partial charge in [0.15, 0.2) is 0 Å². The average molecular weight is 542 g/mol. The van der Waals surface area contributed by atoms with Gasteiger partial charge >= 0.3 is 0 Å². The Morgan fingerprint density at radius 3 is 2.58 bits per heavy atom. The monoisotopic (exact) mass is 541 g/mol. The predicted molar refractivity (Wildman–Crippen MR) is 158 cm³/mol. The Labute approximate surface area is 236 Å². The van der Waals surface area contributed by atoms with Crippen LogP contribution in [0.1, 0.15) is 30.4 Å². The van der Waals surface area contributed by atoms with Crippen LogP contribution >= 0.6 is 0 Å². The molecule has 2 aromatic carbocycles. The average Bonchev–Trinajstić information content (AvgIpc) is 3.00. The first-order chi connectivity index (χ1) is 19.7. The summed E-state index contributed by atoms with van der Waals surface area (Å²) in [7, 11) is 0. The van der Waals surface area contributed by atoms with E-state index in [-0.39, 0.29) is 11.8 Å². The van der Waals surface area contributed by atoms with Crippen LogP contribution in [0.3, 0.4) is 0 Å². The van der Waals surface area contributed by atoms with Crippen LogP contribution in [0.15, 0.2) is 54.7 Å². The zero-order chi connectivity index (χ0) is 27.1. The molecule has 3 N–H and O–H groups in total. The molecule has 2 fully saturated rings. The lowest BCUT2D eigenvalue weighted by Crippen LogP contribution is -2.41. The van der Waals surface area contributed by atoms with Crippen LogP contribution in [0.2, 0.25) is 0 Å². The second-order valence-corrected chi connectivity index (χ2v) is 10.9. The summed E-state index contributed by atoms with van der Waals surface area (Å²) in [4.78, 5) is 27.0. The number of carbonyl (C=O) groups excluding carboxylic acids is 1. The minimum Gasteiger partial charge on any atom is -0.378 e. The number of hydrogen-bond acceptors (Lipinski definition) is 8. The van der Waals surface area contributed by atoms with Crippen molar-refractivity contribution in [1.29, 1.82) is 0 Å². The second-order valence-electron chi connectivity index (χ2n) is 10.9. The van der Waals surface area contributed by atoms with Gasteiger partial charge in [0.2, 0.25) is 11.9 Å². The predicted octanol–water partition coefficient (Wildman–Crippen LogP) is 3.55. The molecule has 40 heavy (non-hydrogen) atoms. The van der Waals surface area contributed by atoms with E-state index in [4.69, 9.17) is 9.72 Å². The Bertz CT molecular complexity index is 1290. The van der Waals surface area contributed by atoms with Crippen LogP contribution in [0.4, 0.5) is 17.3 Å². The Kier molecular flexibility index (Phi) is 8.51. The topological polar surface area (TPSA) is 94.6 Å². The Balaban J connectivity index is 1.28. The van der Waals surface area contributed by atoms with Crippen molar-refractivity contribution in [3.63, 3.8) is 0 Å². The van der Waals surface area contributed by atoms with Crippen LogP contribution in [0.5, 0.6) is 0 Å². The van der Waals surface area contributed by atoms with Crippen molar-refractivity contribution in [2.24, 2.45) is 5.92 Å². The Morgan fingerprint density at radius 2 is 1.75 bits per heavy atom. The van der Waals surface area contributed by atoms with E-state index in [1.54, 1.807) is 0 Å². The number of amides is 1. The summed E-state index contributed by atoms with van der Waals surface area (Å²) in [5.41, 5.74) is 6.66. The van der Waals surface area contributed by atoms with Gasteiger partial charge < -0.3 is 25.6 Å². The Hall–Kier alpha value is -3.53. The maximum absolute atomic E-state index is 12.8. The number of morpholine rings is 1. The van der Waals surface area contributed by atoms with Gasteiger partial charge in [-0.1, -0.05) is 24.3 Å². The molecule has 1 amide bonds. The van der Waals surface area contributed by atoms with Gasteiger partial charge in [-0.3, -0.25) is 9.69 Å². The molecule has 6 aliphatic heterocycles. The highest BCUT2D eigenvalue weighted by Crippen LogP contribution is 2.30. The fourth-order valence-corrected chi connectivity index (χ4v) is 5.80. The molecule has 0 atom stereocenters. The van der Waals surface area contributed by atoms with Crippen molar-refractivity contribution in [3.05, 3.63) is 65.9 Å². The normalized spacial score (nSPS) is 22.4. The fourth-order valence-electron chi connectivity index (χ4n) is 5.80. The molecule has 1 aromatic heterocycles. The third-order valence-corrected chi connectivity index (χ3v) is 8.10. The summed E-state index contributed by atoms with van der Waals surface area (Å²) in [6, 6.07) is 17.0. The number of nitrogens with zero attached hydrogens (tertiary/aromatic N) is 4. The number of rotatable bonds is 1. The third-order valence-electron chi connectivity index (χ3n) is 8.10. The number of anilines is 3. The summed E-state index contributed by atoms with van der Waals surface area (Å²) in [6.07, 6.45) is 4.51. The molecule has 2 saturated heterocycles. The fraction of sp³-hybridized carbons (Fsp3) is 0.452. The molecule has 7 heterocycles. The van der Waals surface area contributed by atoms with Gasteiger partial charge in [0, 0.05) is 61.8 Å². The summed E-state index contributed by atoms with van der Waals surface area (Å²) in [5.74, 6) is 0.884. The first kappa shape index (κ1) is 26.7. The van der Waals surface area contributed by atoms with Gasteiger partial charge in [-0.05, 0) is 74.3 Å². The van der Waals surface area contributed by atoms with E-state index in [0.717, 1.165) is 95.2 Å². The van der Waals surface area contributed by atoms with Crippen molar-refractivity contribution in [1.82, 2.24) is 25.5 Å². The number of nitrogens with one attached hydrogen (secondary N) is 3. The number of piperidine rings is 1. The zero-order valence-electron chi connectivity index (χ0n) is 23.1. The number of carbonyl (C=O) groups is 1. The molecule has 9 heteroatoms. The molecule has 0 spiro atoms. The lowest BCUT2D eigenvalue weighted by Gasteiger charge is -2.34. The molecule has 9 nitrogen and oxygen atoms in total.